The van der Waals surface area contributed by atoms with Gasteiger partial charge in [-0.15, -0.1) is 0 Å². The summed E-state index contributed by atoms with van der Waals surface area (Å²) < 4.78 is 38.7. The number of hydrogen-bond donors (Lipinski definition) is 1. The van der Waals surface area contributed by atoms with Gasteiger partial charge >= 0.3 is 0 Å². The maximum atomic E-state index is 13.1. The van der Waals surface area contributed by atoms with Gasteiger partial charge in [0.1, 0.15) is 5.82 Å². The Kier molecular flexibility index (Phi) is 7.08. The second-order valence-electron chi connectivity index (χ2n) is 6.58. The van der Waals surface area contributed by atoms with E-state index in [1.54, 1.807) is 11.0 Å². The number of rotatable bonds is 5. The molecule has 1 unspecified atom stereocenters. The molecule has 1 heterocycles. The molecule has 1 aliphatic rings. The molecular formula is C20H18ClF3N2O2S. The Labute approximate surface area is 175 Å². The molecule has 1 saturated heterocycles. The molecule has 1 atom stereocenters. The van der Waals surface area contributed by atoms with Crippen LogP contribution in [0, 0.1) is 11.7 Å². The summed E-state index contributed by atoms with van der Waals surface area (Å²) in [6.45, 7) is 0.684. The third-order valence-electron chi connectivity index (χ3n) is 4.60. The van der Waals surface area contributed by atoms with Crippen LogP contribution in [0.2, 0.25) is 5.02 Å². The van der Waals surface area contributed by atoms with Crippen molar-refractivity contribution in [3.63, 3.8) is 0 Å². The fraction of sp³-hybridized carbons (Fsp3) is 0.300. The molecule has 2 aromatic rings. The van der Waals surface area contributed by atoms with Crippen LogP contribution in [0.3, 0.4) is 0 Å². The number of likely N-dealkylation sites (tertiary alicyclic amines) is 1. The number of thioether (sulfide) groups is 1. The maximum absolute atomic E-state index is 13.1. The lowest BCUT2D eigenvalue weighted by atomic mass is 9.96. The molecule has 0 spiro atoms. The molecule has 0 aliphatic carbocycles. The number of halogens is 4. The van der Waals surface area contributed by atoms with Gasteiger partial charge in [-0.25, -0.2) is 4.39 Å². The first kappa shape index (κ1) is 21.5. The van der Waals surface area contributed by atoms with Gasteiger partial charge in [0.15, 0.2) is 0 Å². The van der Waals surface area contributed by atoms with E-state index in [-0.39, 0.29) is 45.7 Å². The molecule has 154 valence electrons. The van der Waals surface area contributed by atoms with Crippen LogP contribution >= 0.6 is 23.4 Å². The van der Waals surface area contributed by atoms with Crippen molar-refractivity contribution in [3.8, 4) is 0 Å². The lowest BCUT2D eigenvalue weighted by molar-refractivity contribution is -0.121. The van der Waals surface area contributed by atoms with E-state index in [4.69, 9.17) is 11.6 Å². The van der Waals surface area contributed by atoms with Crippen LogP contribution in [0.15, 0.2) is 47.4 Å². The highest BCUT2D eigenvalue weighted by Gasteiger charge is 2.29. The summed E-state index contributed by atoms with van der Waals surface area (Å²) in [5, 5.41) is 2.80. The molecule has 1 fully saturated rings. The van der Waals surface area contributed by atoms with Crippen molar-refractivity contribution in [2.75, 3.05) is 18.4 Å². The van der Waals surface area contributed by atoms with Gasteiger partial charge in [0, 0.05) is 18.7 Å². The number of nitrogens with zero attached hydrogens (tertiary/aromatic N) is 1. The standard InChI is InChI=1S/C20H18ClF3N2O2S/c21-15-4-1-5-16(17(15)29-20(23)24)25-18(27)13-3-2-10-26(11-13)19(28)12-6-8-14(22)9-7-12/h1,4-9,13,20H,2-3,10-11H2,(H,25,27). The van der Waals surface area contributed by atoms with E-state index in [9.17, 15) is 22.8 Å². The summed E-state index contributed by atoms with van der Waals surface area (Å²) >= 11 is 6.27. The van der Waals surface area contributed by atoms with Gasteiger partial charge in [-0.2, -0.15) is 8.78 Å². The van der Waals surface area contributed by atoms with E-state index in [1.165, 1.54) is 36.4 Å². The average Bonchev–Trinajstić information content (AvgIpc) is 2.70. The van der Waals surface area contributed by atoms with Gasteiger partial charge in [-0.1, -0.05) is 29.4 Å². The highest BCUT2D eigenvalue weighted by atomic mass is 35.5. The number of nitrogens with one attached hydrogen (secondary N) is 1. The molecule has 3 rings (SSSR count). The number of anilines is 1. The van der Waals surface area contributed by atoms with Crippen LogP contribution in [0.4, 0.5) is 18.9 Å². The average molecular weight is 443 g/mol. The van der Waals surface area contributed by atoms with Crippen molar-refractivity contribution in [1.82, 2.24) is 4.90 Å². The quantitative estimate of drug-likeness (QED) is 0.640. The monoisotopic (exact) mass is 442 g/mol. The van der Waals surface area contributed by atoms with Crippen LogP contribution in [0.25, 0.3) is 0 Å². The van der Waals surface area contributed by atoms with E-state index in [2.05, 4.69) is 5.32 Å². The minimum atomic E-state index is -2.68. The number of carbonyl (C=O) groups is 2. The van der Waals surface area contributed by atoms with Crippen LogP contribution < -0.4 is 5.32 Å². The van der Waals surface area contributed by atoms with Gasteiger partial charge in [-0.05, 0) is 49.2 Å². The van der Waals surface area contributed by atoms with Gasteiger partial charge < -0.3 is 10.2 Å². The number of carbonyl (C=O) groups excluding carboxylic acids is 2. The minimum absolute atomic E-state index is 0.104. The van der Waals surface area contributed by atoms with Crippen molar-refractivity contribution < 1.29 is 22.8 Å². The van der Waals surface area contributed by atoms with Crippen molar-refractivity contribution in [2.24, 2.45) is 5.92 Å². The summed E-state index contributed by atoms with van der Waals surface area (Å²) in [6, 6.07) is 9.79. The predicted octanol–water partition coefficient (Wildman–Crippen LogP) is 5.28. The van der Waals surface area contributed by atoms with Crippen molar-refractivity contribution in [2.45, 2.75) is 23.5 Å². The lowest BCUT2D eigenvalue weighted by Gasteiger charge is -2.32. The van der Waals surface area contributed by atoms with Crippen molar-refractivity contribution in [3.05, 3.63) is 58.9 Å². The number of piperidine rings is 1. The first-order valence-electron chi connectivity index (χ1n) is 8.94. The summed E-state index contributed by atoms with van der Waals surface area (Å²) in [4.78, 5) is 27.0. The van der Waals surface area contributed by atoms with E-state index in [0.717, 1.165) is 0 Å². The molecule has 4 nitrogen and oxygen atoms in total. The fourth-order valence-corrected chi connectivity index (χ4v) is 4.11. The van der Waals surface area contributed by atoms with Crippen molar-refractivity contribution in [1.29, 1.82) is 0 Å². The van der Waals surface area contributed by atoms with Crippen LogP contribution in [0.5, 0.6) is 0 Å². The van der Waals surface area contributed by atoms with E-state index >= 15 is 0 Å². The molecule has 0 saturated carbocycles. The first-order chi connectivity index (χ1) is 13.8. The maximum Gasteiger partial charge on any atom is 0.289 e. The zero-order valence-electron chi connectivity index (χ0n) is 15.2. The Bertz CT molecular complexity index is 896. The van der Waals surface area contributed by atoms with Crippen LogP contribution in [0.1, 0.15) is 23.2 Å². The smallest absolute Gasteiger partial charge is 0.289 e. The Hall–Kier alpha value is -2.19. The molecule has 0 aromatic heterocycles. The third-order valence-corrected chi connectivity index (χ3v) is 5.88. The molecule has 0 bridgehead atoms. The SMILES string of the molecule is O=C(Nc1cccc(Cl)c1SC(F)F)C1CCCN(C(=O)c2ccc(F)cc2)C1. The van der Waals surface area contributed by atoms with Gasteiger partial charge in [0.25, 0.3) is 11.7 Å². The zero-order valence-corrected chi connectivity index (χ0v) is 16.8. The second kappa shape index (κ2) is 9.54. The zero-order chi connectivity index (χ0) is 21.0. The first-order valence-corrected chi connectivity index (χ1v) is 10.2. The highest BCUT2D eigenvalue weighted by molar-refractivity contribution is 7.99. The highest BCUT2D eigenvalue weighted by Crippen LogP contribution is 2.38. The Morgan fingerprint density at radius 1 is 1.17 bits per heavy atom. The Morgan fingerprint density at radius 2 is 1.90 bits per heavy atom. The van der Waals surface area contributed by atoms with Gasteiger partial charge in [-0.3, -0.25) is 9.59 Å². The molecule has 1 N–H and O–H groups in total. The lowest BCUT2D eigenvalue weighted by Crippen LogP contribution is -2.43. The molecular weight excluding hydrogens is 425 g/mol. The van der Waals surface area contributed by atoms with E-state index in [0.29, 0.717) is 24.9 Å². The van der Waals surface area contributed by atoms with Gasteiger partial charge in [0.05, 0.1) is 21.5 Å². The number of hydrogen-bond acceptors (Lipinski definition) is 3. The largest absolute Gasteiger partial charge is 0.338 e. The molecule has 2 amide bonds. The molecule has 1 aliphatic heterocycles. The minimum Gasteiger partial charge on any atom is -0.338 e. The summed E-state index contributed by atoms with van der Waals surface area (Å²) in [5.41, 5.74) is 0.563. The fourth-order valence-electron chi connectivity index (χ4n) is 3.20. The number of alkyl halides is 2. The predicted molar refractivity (Wildman–Crippen MR) is 107 cm³/mol. The number of amides is 2. The second-order valence-corrected chi connectivity index (χ2v) is 7.99. The van der Waals surface area contributed by atoms with Crippen LogP contribution in [-0.2, 0) is 4.79 Å². The Balaban J connectivity index is 1.70. The summed E-state index contributed by atoms with van der Waals surface area (Å²) in [6.07, 6.45) is 1.19. The molecule has 0 radical (unpaired) electrons. The summed E-state index contributed by atoms with van der Waals surface area (Å²) in [5.74, 6) is -4.24. The van der Waals surface area contributed by atoms with E-state index in [1.807, 2.05) is 0 Å². The van der Waals surface area contributed by atoms with Crippen molar-refractivity contribution >= 4 is 40.9 Å². The molecule has 2 aromatic carbocycles. The third kappa shape index (κ3) is 5.45. The van der Waals surface area contributed by atoms with Crippen LogP contribution in [-0.4, -0.2) is 35.6 Å². The topological polar surface area (TPSA) is 49.4 Å². The van der Waals surface area contributed by atoms with Gasteiger partial charge in [0.2, 0.25) is 5.91 Å². The molecule has 9 heteroatoms. The number of benzene rings is 2. The normalized spacial score (nSPS) is 16.7. The Morgan fingerprint density at radius 3 is 2.59 bits per heavy atom. The molecule has 29 heavy (non-hydrogen) atoms. The van der Waals surface area contributed by atoms with E-state index < -0.39 is 17.5 Å². The summed E-state index contributed by atoms with van der Waals surface area (Å²) in [7, 11) is 0.